The summed E-state index contributed by atoms with van der Waals surface area (Å²) < 4.78 is 5.61. The van der Waals surface area contributed by atoms with Gasteiger partial charge in [0.25, 0.3) is 0 Å². The Morgan fingerprint density at radius 3 is 2.56 bits per heavy atom. The van der Waals surface area contributed by atoms with Crippen molar-refractivity contribution in [2.75, 3.05) is 26.7 Å². The van der Waals surface area contributed by atoms with E-state index in [1.54, 1.807) is 0 Å². The van der Waals surface area contributed by atoms with E-state index in [9.17, 15) is 0 Å². The van der Waals surface area contributed by atoms with Crippen LogP contribution in [-0.2, 0) is 4.74 Å². The molecule has 3 heteroatoms. The molecule has 0 amide bonds. The first-order valence-corrected chi connectivity index (χ1v) is 6.56. The predicted octanol–water partition coefficient (Wildman–Crippen LogP) is 1.73. The smallest absolute Gasteiger partial charge is 0.0702 e. The summed E-state index contributed by atoms with van der Waals surface area (Å²) in [7, 11) is 2.22. The Morgan fingerprint density at radius 2 is 2.06 bits per heavy atom. The highest BCUT2D eigenvalue weighted by atomic mass is 16.5. The number of ether oxygens (including phenoxy) is 1. The highest BCUT2D eigenvalue weighted by Crippen LogP contribution is 2.18. The molecular formula is C13H28N2O. The van der Waals surface area contributed by atoms with Crippen molar-refractivity contribution >= 4 is 0 Å². The summed E-state index contributed by atoms with van der Waals surface area (Å²) in [5, 5.41) is 3.49. The van der Waals surface area contributed by atoms with Gasteiger partial charge in [0, 0.05) is 25.2 Å². The average molecular weight is 228 g/mol. The van der Waals surface area contributed by atoms with E-state index in [1.165, 1.54) is 6.42 Å². The van der Waals surface area contributed by atoms with Crippen molar-refractivity contribution in [1.82, 2.24) is 10.2 Å². The van der Waals surface area contributed by atoms with E-state index in [2.05, 4.69) is 45.0 Å². The van der Waals surface area contributed by atoms with Gasteiger partial charge in [-0.2, -0.15) is 0 Å². The van der Waals surface area contributed by atoms with Crippen LogP contribution in [0, 0.1) is 5.92 Å². The van der Waals surface area contributed by atoms with Gasteiger partial charge in [-0.05, 0) is 32.9 Å². The Morgan fingerprint density at radius 1 is 1.38 bits per heavy atom. The first-order chi connectivity index (χ1) is 7.50. The maximum Gasteiger partial charge on any atom is 0.0702 e. The second-order valence-electron chi connectivity index (χ2n) is 5.54. The third-order valence-corrected chi connectivity index (χ3v) is 3.38. The lowest BCUT2D eigenvalue weighted by Gasteiger charge is -2.29. The predicted molar refractivity (Wildman–Crippen MR) is 68.8 cm³/mol. The lowest BCUT2D eigenvalue weighted by Crippen LogP contribution is -2.41. The molecular weight excluding hydrogens is 200 g/mol. The van der Waals surface area contributed by atoms with E-state index >= 15 is 0 Å². The maximum atomic E-state index is 5.61. The van der Waals surface area contributed by atoms with Gasteiger partial charge in [0.15, 0.2) is 0 Å². The quantitative estimate of drug-likeness (QED) is 0.749. The summed E-state index contributed by atoms with van der Waals surface area (Å²) in [5.41, 5.74) is 0. The Bertz CT molecular complexity index is 196. The minimum atomic E-state index is 0.398. The zero-order valence-corrected chi connectivity index (χ0v) is 11.5. The summed E-state index contributed by atoms with van der Waals surface area (Å²) >= 11 is 0. The van der Waals surface area contributed by atoms with Gasteiger partial charge in [-0.3, -0.25) is 0 Å². The first kappa shape index (κ1) is 13.9. The molecule has 1 fully saturated rings. The molecule has 1 rings (SSSR count). The molecule has 1 N–H and O–H groups in total. The van der Waals surface area contributed by atoms with E-state index in [4.69, 9.17) is 4.74 Å². The lowest BCUT2D eigenvalue weighted by atomic mass is 10.1. The molecule has 3 unspecified atom stereocenters. The second-order valence-corrected chi connectivity index (χ2v) is 5.54. The van der Waals surface area contributed by atoms with Crippen molar-refractivity contribution < 1.29 is 4.74 Å². The molecule has 0 aromatic rings. The third-order valence-electron chi connectivity index (χ3n) is 3.38. The number of likely N-dealkylation sites (N-methyl/N-ethyl adjacent to an activating group) is 1. The van der Waals surface area contributed by atoms with E-state index in [0.29, 0.717) is 24.1 Å². The van der Waals surface area contributed by atoms with Crippen molar-refractivity contribution in [3.63, 3.8) is 0 Å². The zero-order valence-electron chi connectivity index (χ0n) is 11.5. The normalized spacial score (nSPS) is 27.9. The van der Waals surface area contributed by atoms with Crippen LogP contribution in [0.25, 0.3) is 0 Å². The van der Waals surface area contributed by atoms with Crippen LogP contribution in [0.3, 0.4) is 0 Å². The zero-order chi connectivity index (χ0) is 12.1. The van der Waals surface area contributed by atoms with Gasteiger partial charge in [0.05, 0.1) is 6.10 Å². The third kappa shape index (κ3) is 4.40. The molecule has 1 aliphatic heterocycles. The summed E-state index contributed by atoms with van der Waals surface area (Å²) in [6.45, 7) is 12.1. The highest BCUT2D eigenvalue weighted by molar-refractivity contribution is 4.81. The molecule has 0 aliphatic carbocycles. The second kappa shape index (κ2) is 6.58. The number of nitrogens with one attached hydrogen (secondary N) is 1. The van der Waals surface area contributed by atoms with Crippen LogP contribution in [0.2, 0.25) is 0 Å². The van der Waals surface area contributed by atoms with E-state index in [1.807, 2.05) is 0 Å². The molecule has 1 saturated heterocycles. The largest absolute Gasteiger partial charge is 0.377 e. The molecule has 0 saturated carbocycles. The van der Waals surface area contributed by atoms with E-state index in [0.717, 1.165) is 19.7 Å². The fourth-order valence-electron chi connectivity index (χ4n) is 2.43. The van der Waals surface area contributed by atoms with Crippen molar-refractivity contribution in [3.8, 4) is 0 Å². The minimum Gasteiger partial charge on any atom is -0.377 e. The van der Waals surface area contributed by atoms with Gasteiger partial charge in [0.1, 0.15) is 0 Å². The average Bonchev–Trinajstić information content (AvgIpc) is 2.61. The van der Waals surface area contributed by atoms with Crippen molar-refractivity contribution in [3.05, 3.63) is 0 Å². The highest BCUT2D eigenvalue weighted by Gasteiger charge is 2.28. The maximum absolute atomic E-state index is 5.61. The molecule has 3 atom stereocenters. The molecule has 0 aromatic carbocycles. The summed E-state index contributed by atoms with van der Waals surface area (Å²) in [6.07, 6.45) is 1.58. The SMILES string of the molecule is CC(CNC(C)C)CN(C)C1CCOC1C. The fraction of sp³-hybridized carbons (Fsp3) is 1.00. The van der Waals surface area contributed by atoms with Crippen LogP contribution in [0.15, 0.2) is 0 Å². The standard InChI is InChI=1S/C13H28N2O/c1-10(2)14-8-11(3)9-15(5)13-6-7-16-12(13)4/h10-14H,6-9H2,1-5H3. The molecule has 0 spiro atoms. The van der Waals surface area contributed by atoms with Crippen molar-refractivity contribution in [2.45, 2.75) is 52.3 Å². The fourth-order valence-corrected chi connectivity index (χ4v) is 2.43. The van der Waals surface area contributed by atoms with Crippen LogP contribution in [-0.4, -0.2) is 49.8 Å². The lowest BCUT2D eigenvalue weighted by molar-refractivity contribution is 0.0789. The Hall–Kier alpha value is -0.120. The molecule has 0 bridgehead atoms. The molecule has 1 aliphatic rings. The summed E-state index contributed by atoms with van der Waals surface area (Å²) in [5.74, 6) is 0.695. The van der Waals surface area contributed by atoms with E-state index in [-0.39, 0.29) is 0 Å². The van der Waals surface area contributed by atoms with Crippen LogP contribution in [0.4, 0.5) is 0 Å². The van der Waals surface area contributed by atoms with Crippen LogP contribution >= 0.6 is 0 Å². The van der Waals surface area contributed by atoms with Gasteiger partial charge < -0.3 is 15.0 Å². The Balaban J connectivity index is 2.24. The molecule has 0 radical (unpaired) electrons. The Kier molecular flexibility index (Phi) is 5.73. The van der Waals surface area contributed by atoms with Crippen LogP contribution in [0.1, 0.15) is 34.1 Å². The van der Waals surface area contributed by atoms with Crippen LogP contribution < -0.4 is 5.32 Å². The molecule has 3 nitrogen and oxygen atoms in total. The number of hydrogen-bond acceptors (Lipinski definition) is 3. The summed E-state index contributed by atoms with van der Waals surface area (Å²) in [4.78, 5) is 2.46. The molecule has 16 heavy (non-hydrogen) atoms. The van der Waals surface area contributed by atoms with Crippen LogP contribution in [0.5, 0.6) is 0 Å². The number of nitrogens with zero attached hydrogens (tertiary/aromatic N) is 1. The number of hydrogen-bond donors (Lipinski definition) is 1. The first-order valence-electron chi connectivity index (χ1n) is 6.56. The van der Waals surface area contributed by atoms with Gasteiger partial charge in [-0.25, -0.2) is 0 Å². The van der Waals surface area contributed by atoms with Crippen molar-refractivity contribution in [1.29, 1.82) is 0 Å². The van der Waals surface area contributed by atoms with Gasteiger partial charge in [-0.15, -0.1) is 0 Å². The van der Waals surface area contributed by atoms with Gasteiger partial charge in [-0.1, -0.05) is 20.8 Å². The molecule has 0 aromatic heterocycles. The van der Waals surface area contributed by atoms with E-state index < -0.39 is 0 Å². The summed E-state index contributed by atoms with van der Waals surface area (Å²) in [6, 6.07) is 1.20. The minimum absolute atomic E-state index is 0.398. The monoisotopic (exact) mass is 228 g/mol. The molecule has 1 heterocycles. The topological polar surface area (TPSA) is 24.5 Å². The van der Waals surface area contributed by atoms with Gasteiger partial charge in [0.2, 0.25) is 0 Å². The Labute approximate surface area is 101 Å². The van der Waals surface area contributed by atoms with Crippen molar-refractivity contribution in [2.24, 2.45) is 5.92 Å². The van der Waals surface area contributed by atoms with Gasteiger partial charge >= 0.3 is 0 Å². The number of rotatable bonds is 6. The molecule has 96 valence electrons.